The second kappa shape index (κ2) is 10.0. The van der Waals surface area contributed by atoms with Gasteiger partial charge < -0.3 is 15.2 Å². The number of nitrogens with one attached hydrogen (secondary N) is 2. The number of aliphatic imine (C=N–C) groups is 1. The maximum Gasteiger partial charge on any atom is 0.191 e. The summed E-state index contributed by atoms with van der Waals surface area (Å²) < 4.78 is 2.04. The molecule has 0 bridgehead atoms. The van der Waals surface area contributed by atoms with E-state index in [0.29, 0.717) is 11.5 Å². The molecule has 2 N–H and O–H groups in total. The van der Waals surface area contributed by atoms with Gasteiger partial charge in [0.05, 0.1) is 6.33 Å². The van der Waals surface area contributed by atoms with Crippen LogP contribution in [-0.2, 0) is 6.54 Å². The first-order valence-electron chi connectivity index (χ1n) is 7.33. The quantitative estimate of drug-likeness (QED) is 0.433. The maximum atomic E-state index is 4.26. The Kier molecular flexibility index (Phi) is 9.65. The number of hydrogen-bond donors (Lipinski definition) is 2. The Morgan fingerprint density at radius 2 is 2.10 bits per heavy atom. The smallest absolute Gasteiger partial charge is 0.191 e. The van der Waals surface area contributed by atoms with Crippen molar-refractivity contribution in [3.8, 4) is 0 Å². The van der Waals surface area contributed by atoms with E-state index in [9.17, 15) is 0 Å². The molecule has 1 aromatic heterocycles. The fourth-order valence-electron chi connectivity index (χ4n) is 1.87. The Morgan fingerprint density at radius 3 is 2.62 bits per heavy atom. The second-order valence-electron chi connectivity index (χ2n) is 6.44. The summed E-state index contributed by atoms with van der Waals surface area (Å²) in [5, 5.41) is 6.76. The molecule has 0 saturated carbocycles. The Hall–Kier alpha value is -0.790. The number of aromatic nitrogens is 2. The number of imidazole rings is 1. The average Bonchev–Trinajstić information content (AvgIpc) is 2.87. The van der Waals surface area contributed by atoms with Crippen LogP contribution in [-0.4, -0.2) is 35.1 Å². The molecular weight excluding hydrogens is 377 g/mol. The highest BCUT2D eigenvalue weighted by molar-refractivity contribution is 14.0. The summed E-state index contributed by atoms with van der Waals surface area (Å²) >= 11 is 0. The molecule has 0 aliphatic rings. The Morgan fingerprint density at radius 1 is 1.38 bits per heavy atom. The van der Waals surface area contributed by atoms with Crippen LogP contribution in [0.5, 0.6) is 0 Å². The van der Waals surface area contributed by atoms with E-state index < -0.39 is 0 Å². The van der Waals surface area contributed by atoms with Crippen molar-refractivity contribution in [3.63, 3.8) is 0 Å². The minimum absolute atomic E-state index is 0. The van der Waals surface area contributed by atoms with Gasteiger partial charge in [-0.3, -0.25) is 4.99 Å². The highest BCUT2D eigenvalue weighted by Crippen LogP contribution is 2.21. The second-order valence-corrected chi connectivity index (χ2v) is 6.44. The molecule has 0 saturated heterocycles. The molecule has 1 aromatic rings. The standard InChI is InChI=1S/C15H29N5.HI/c1-13(6-7-15(2,3)4)19-14(16-5)18-9-11-20-10-8-17-12-20;/h8,10,12-13H,6-7,9,11H2,1-5H3,(H2,16,18,19);1H. The van der Waals surface area contributed by atoms with E-state index in [1.54, 1.807) is 6.20 Å². The van der Waals surface area contributed by atoms with Crippen molar-refractivity contribution in [2.75, 3.05) is 13.6 Å². The minimum atomic E-state index is 0. The van der Waals surface area contributed by atoms with Gasteiger partial charge in [-0.2, -0.15) is 0 Å². The topological polar surface area (TPSA) is 54.2 Å². The summed E-state index contributed by atoms with van der Waals surface area (Å²) in [7, 11) is 1.81. The first-order valence-corrected chi connectivity index (χ1v) is 7.33. The molecular formula is C15H30IN5. The molecule has 5 nitrogen and oxygen atoms in total. The SMILES string of the molecule is CN=C(NCCn1ccnc1)NC(C)CCC(C)(C)C.I. The summed E-state index contributed by atoms with van der Waals surface area (Å²) in [6.07, 6.45) is 7.92. The summed E-state index contributed by atoms with van der Waals surface area (Å²) in [5.41, 5.74) is 0.383. The summed E-state index contributed by atoms with van der Waals surface area (Å²) in [6.45, 7) is 10.8. The van der Waals surface area contributed by atoms with Gasteiger partial charge >= 0.3 is 0 Å². The molecule has 1 unspecified atom stereocenters. The van der Waals surface area contributed by atoms with Crippen molar-refractivity contribution in [3.05, 3.63) is 18.7 Å². The Bertz CT molecular complexity index is 395. The van der Waals surface area contributed by atoms with Crippen LogP contribution in [0.3, 0.4) is 0 Å². The van der Waals surface area contributed by atoms with Crippen molar-refractivity contribution in [1.82, 2.24) is 20.2 Å². The molecule has 6 heteroatoms. The zero-order valence-corrected chi connectivity index (χ0v) is 16.2. The lowest BCUT2D eigenvalue weighted by molar-refractivity contribution is 0.346. The van der Waals surface area contributed by atoms with Gasteiger partial charge in [-0.25, -0.2) is 4.98 Å². The van der Waals surface area contributed by atoms with Crippen LogP contribution in [0.15, 0.2) is 23.7 Å². The van der Waals surface area contributed by atoms with Gasteiger partial charge in [-0.1, -0.05) is 20.8 Å². The van der Waals surface area contributed by atoms with Crippen LogP contribution in [0.2, 0.25) is 0 Å². The average molecular weight is 407 g/mol. The van der Waals surface area contributed by atoms with E-state index in [1.165, 1.54) is 6.42 Å². The van der Waals surface area contributed by atoms with Crippen molar-refractivity contribution in [2.24, 2.45) is 10.4 Å². The molecule has 1 atom stereocenters. The molecule has 0 aromatic carbocycles. The number of guanidine groups is 1. The van der Waals surface area contributed by atoms with Crippen molar-refractivity contribution >= 4 is 29.9 Å². The number of rotatable bonds is 6. The summed E-state index contributed by atoms with van der Waals surface area (Å²) in [6, 6.07) is 0.425. The monoisotopic (exact) mass is 407 g/mol. The largest absolute Gasteiger partial charge is 0.355 e. The number of nitrogens with zero attached hydrogens (tertiary/aromatic N) is 3. The van der Waals surface area contributed by atoms with Crippen LogP contribution in [0.1, 0.15) is 40.5 Å². The molecule has 0 spiro atoms. The van der Waals surface area contributed by atoms with Crippen LogP contribution in [0.4, 0.5) is 0 Å². The van der Waals surface area contributed by atoms with Crippen molar-refractivity contribution in [1.29, 1.82) is 0 Å². The van der Waals surface area contributed by atoms with Crippen LogP contribution < -0.4 is 10.6 Å². The first kappa shape index (κ1) is 20.2. The third-order valence-electron chi connectivity index (χ3n) is 3.16. The third-order valence-corrected chi connectivity index (χ3v) is 3.16. The van der Waals surface area contributed by atoms with Gasteiger partial charge in [0.1, 0.15) is 0 Å². The van der Waals surface area contributed by atoms with Gasteiger partial charge in [-0.05, 0) is 25.2 Å². The Balaban J connectivity index is 0.00000400. The molecule has 0 amide bonds. The fourth-order valence-corrected chi connectivity index (χ4v) is 1.87. The number of halogens is 1. The van der Waals surface area contributed by atoms with Crippen molar-refractivity contribution < 1.29 is 0 Å². The normalized spacial score (nSPS) is 13.5. The predicted molar refractivity (Wildman–Crippen MR) is 100 cm³/mol. The van der Waals surface area contributed by atoms with Crippen LogP contribution in [0, 0.1) is 5.41 Å². The number of hydrogen-bond acceptors (Lipinski definition) is 2. The van der Waals surface area contributed by atoms with Crippen LogP contribution >= 0.6 is 24.0 Å². The van der Waals surface area contributed by atoms with Gasteiger partial charge in [-0.15, -0.1) is 24.0 Å². The van der Waals surface area contributed by atoms with E-state index in [1.807, 2.05) is 24.1 Å². The summed E-state index contributed by atoms with van der Waals surface area (Å²) in [4.78, 5) is 8.29. The molecule has 1 rings (SSSR count). The highest BCUT2D eigenvalue weighted by atomic mass is 127. The van der Waals surface area contributed by atoms with E-state index in [0.717, 1.165) is 25.5 Å². The van der Waals surface area contributed by atoms with E-state index in [-0.39, 0.29) is 24.0 Å². The zero-order valence-electron chi connectivity index (χ0n) is 13.9. The van der Waals surface area contributed by atoms with Gasteiger partial charge in [0.15, 0.2) is 5.96 Å². The zero-order chi connectivity index (χ0) is 15.0. The van der Waals surface area contributed by atoms with Gasteiger partial charge in [0, 0.05) is 38.6 Å². The highest BCUT2D eigenvalue weighted by Gasteiger charge is 2.13. The van der Waals surface area contributed by atoms with Crippen LogP contribution in [0.25, 0.3) is 0 Å². The molecule has 0 radical (unpaired) electrons. The Labute approximate surface area is 146 Å². The van der Waals surface area contributed by atoms with E-state index in [2.05, 4.69) is 48.3 Å². The maximum absolute atomic E-state index is 4.26. The third kappa shape index (κ3) is 9.71. The van der Waals surface area contributed by atoms with E-state index >= 15 is 0 Å². The lowest BCUT2D eigenvalue weighted by atomic mass is 9.89. The lowest BCUT2D eigenvalue weighted by Gasteiger charge is -2.23. The molecule has 0 aliphatic heterocycles. The molecule has 21 heavy (non-hydrogen) atoms. The van der Waals surface area contributed by atoms with E-state index in [4.69, 9.17) is 0 Å². The fraction of sp³-hybridized carbons (Fsp3) is 0.733. The molecule has 0 aliphatic carbocycles. The molecule has 1 heterocycles. The first-order chi connectivity index (χ1) is 9.40. The van der Waals surface area contributed by atoms with Gasteiger partial charge in [0.2, 0.25) is 0 Å². The molecule has 0 fully saturated rings. The van der Waals surface area contributed by atoms with Gasteiger partial charge in [0.25, 0.3) is 0 Å². The van der Waals surface area contributed by atoms with Crippen molar-refractivity contribution in [2.45, 2.75) is 53.1 Å². The lowest BCUT2D eigenvalue weighted by Crippen LogP contribution is -2.43. The molecule has 122 valence electrons. The summed E-state index contributed by atoms with van der Waals surface area (Å²) in [5.74, 6) is 0.867. The minimum Gasteiger partial charge on any atom is -0.355 e. The predicted octanol–water partition coefficient (Wildman–Crippen LogP) is 2.88.